The van der Waals surface area contributed by atoms with E-state index in [0.717, 1.165) is 31.6 Å². The summed E-state index contributed by atoms with van der Waals surface area (Å²) in [5.41, 5.74) is 2.30. The van der Waals surface area contributed by atoms with Gasteiger partial charge in [-0.25, -0.2) is 0 Å². The van der Waals surface area contributed by atoms with E-state index in [1.165, 1.54) is 5.56 Å². The molecule has 0 bridgehead atoms. The molecular weight excluding hydrogens is 372 g/mol. The molecule has 3 atom stereocenters. The predicted molar refractivity (Wildman–Crippen MR) is 121 cm³/mol. The van der Waals surface area contributed by atoms with Gasteiger partial charge in [-0.3, -0.25) is 9.69 Å². The lowest BCUT2D eigenvalue weighted by Gasteiger charge is -2.46. The molecule has 1 amide bonds. The first-order valence-corrected chi connectivity index (χ1v) is 10.8. The molecule has 30 heavy (non-hydrogen) atoms. The van der Waals surface area contributed by atoms with Crippen molar-refractivity contribution in [1.29, 1.82) is 0 Å². The van der Waals surface area contributed by atoms with Crippen molar-refractivity contribution in [2.24, 2.45) is 5.92 Å². The largest absolute Gasteiger partial charge is 0.459 e. The Morgan fingerprint density at radius 3 is 2.37 bits per heavy atom. The first kappa shape index (κ1) is 20.4. The van der Waals surface area contributed by atoms with E-state index in [1.54, 1.807) is 18.4 Å². The van der Waals surface area contributed by atoms with Gasteiger partial charge in [0.25, 0.3) is 5.91 Å². The van der Waals surface area contributed by atoms with Crippen LogP contribution < -0.4 is 4.90 Å². The van der Waals surface area contributed by atoms with Gasteiger partial charge in [0.05, 0.1) is 6.26 Å². The standard InChI is InChI=1S/C26H30N2O2/c1-20-19-27(16-15-22-10-5-3-6-11-22)21(2)18-24(20)28(23-12-7-4-8-13-23)26(29)25-14-9-17-30-25/h3-14,17,20-21,24H,15-16,18-19H2,1-2H3. The highest BCUT2D eigenvalue weighted by atomic mass is 16.3. The van der Waals surface area contributed by atoms with Crippen LogP contribution in [0, 0.1) is 5.92 Å². The van der Waals surface area contributed by atoms with Crippen LogP contribution >= 0.6 is 0 Å². The Bertz CT molecular complexity index is 924. The number of anilines is 1. The molecule has 156 valence electrons. The molecule has 0 saturated carbocycles. The maximum absolute atomic E-state index is 13.4. The number of hydrogen-bond acceptors (Lipinski definition) is 3. The molecule has 0 N–H and O–H groups in total. The van der Waals surface area contributed by atoms with Crippen LogP contribution in [0.3, 0.4) is 0 Å². The number of benzene rings is 2. The maximum atomic E-state index is 13.4. The molecule has 1 saturated heterocycles. The highest BCUT2D eigenvalue weighted by Crippen LogP contribution is 2.31. The van der Waals surface area contributed by atoms with Crippen molar-refractivity contribution in [2.45, 2.75) is 38.8 Å². The number of carbonyl (C=O) groups excluding carboxylic acids is 1. The number of piperidine rings is 1. The molecule has 0 aliphatic carbocycles. The van der Waals surface area contributed by atoms with Crippen LogP contribution in [-0.4, -0.2) is 36.0 Å². The number of hydrogen-bond donors (Lipinski definition) is 0. The lowest BCUT2D eigenvalue weighted by Crippen LogP contribution is -2.55. The molecule has 0 spiro atoms. The molecule has 2 aromatic carbocycles. The van der Waals surface area contributed by atoms with Gasteiger partial charge < -0.3 is 9.32 Å². The van der Waals surface area contributed by atoms with Gasteiger partial charge in [0, 0.05) is 30.9 Å². The van der Waals surface area contributed by atoms with Crippen LogP contribution in [0.1, 0.15) is 36.4 Å². The third-order valence-electron chi connectivity index (χ3n) is 6.23. The van der Waals surface area contributed by atoms with E-state index in [1.807, 2.05) is 35.2 Å². The molecule has 3 aromatic rings. The Labute approximate surface area is 179 Å². The van der Waals surface area contributed by atoms with E-state index >= 15 is 0 Å². The van der Waals surface area contributed by atoms with Crippen LogP contribution in [0.15, 0.2) is 83.5 Å². The molecule has 4 rings (SSSR count). The second kappa shape index (κ2) is 9.31. The summed E-state index contributed by atoms with van der Waals surface area (Å²) in [4.78, 5) is 17.9. The van der Waals surface area contributed by atoms with E-state index in [9.17, 15) is 4.79 Å². The average Bonchev–Trinajstić information content (AvgIpc) is 3.31. The monoisotopic (exact) mass is 402 g/mol. The summed E-state index contributed by atoms with van der Waals surface area (Å²) >= 11 is 0. The molecule has 1 aliphatic rings. The maximum Gasteiger partial charge on any atom is 0.294 e. The SMILES string of the molecule is CC1CN(CCc2ccccc2)C(C)CC1N(C(=O)c1ccco1)c1ccccc1. The highest BCUT2D eigenvalue weighted by Gasteiger charge is 2.38. The number of para-hydroxylation sites is 1. The molecule has 1 aliphatic heterocycles. The van der Waals surface area contributed by atoms with Crippen molar-refractivity contribution < 1.29 is 9.21 Å². The van der Waals surface area contributed by atoms with E-state index in [-0.39, 0.29) is 11.9 Å². The van der Waals surface area contributed by atoms with Crippen LogP contribution in [0.2, 0.25) is 0 Å². The van der Waals surface area contributed by atoms with E-state index in [0.29, 0.717) is 17.7 Å². The van der Waals surface area contributed by atoms with Gasteiger partial charge in [-0.2, -0.15) is 0 Å². The van der Waals surface area contributed by atoms with Crippen LogP contribution in [0.5, 0.6) is 0 Å². The third-order valence-corrected chi connectivity index (χ3v) is 6.23. The van der Waals surface area contributed by atoms with Gasteiger partial charge in [-0.1, -0.05) is 55.5 Å². The summed E-state index contributed by atoms with van der Waals surface area (Å²) in [5, 5.41) is 0. The molecule has 4 nitrogen and oxygen atoms in total. The summed E-state index contributed by atoms with van der Waals surface area (Å²) in [6.07, 6.45) is 3.56. The average molecular weight is 403 g/mol. The number of nitrogens with zero attached hydrogens (tertiary/aromatic N) is 2. The summed E-state index contributed by atoms with van der Waals surface area (Å²) in [6.45, 7) is 6.56. The van der Waals surface area contributed by atoms with Gasteiger partial charge in [-0.05, 0) is 55.5 Å². The summed E-state index contributed by atoms with van der Waals surface area (Å²) < 4.78 is 5.46. The summed E-state index contributed by atoms with van der Waals surface area (Å²) in [7, 11) is 0. The lowest BCUT2D eigenvalue weighted by atomic mass is 9.87. The smallest absolute Gasteiger partial charge is 0.294 e. The Kier molecular flexibility index (Phi) is 6.34. The Hall–Kier alpha value is -2.85. The molecular formula is C26H30N2O2. The quantitative estimate of drug-likeness (QED) is 0.564. The fourth-order valence-corrected chi connectivity index (χ4v) is 4.56. The number of rotatable bonds is 6. The zero-order valence-electron chi connectivity index (χ0n) is 17.8. The highest BCUT2D eigenvalue weighted by molar-refractivity contribution is 6.04. The lowest BCUT2D eigenvalue weighted by molar-refractivity contribution is 0.0833. The second-order valence-corrected chi connectivity index (χ2v) is 8.35. The van der Waals surface area contributed by atoms with Gasteiger partial charge in [-0.15, -0.1) is 0 Å². The fraction of sp³-hybridized carbons (Fsp3) is 0.346. The molecule has 0 radical (unpaired) electrons. The molecule has 2 heterocycles. The Morgan fingerprint density at radius 2 is 1.70 bits per heavy atom. The van der Waals surface area contributed by atoms with Crippen molar-refractivity contribution in [2.75, 3.05) is 18.0 Å². The number of amides is 1. The molecule has 1 aromatic heterocycles. The molecule has 1 fully saturated rings. The topological polar surface area (TPSA) is 36.7 Å². The van der Waals surface area contributed by atoms with E-state index < -0.39 is 0 Å². The zero-order chi connectivity index (χ0) is 20.9. The van der Waals surface area contributed by atoms with Crippen molar-refractivity contribution in [3.63, 3.8) is 0 Å². The van der Waals surface area contributed by atoms with Gasteiger partial charge >= 0.3 is 0 Å². The van der Waals surface area contributed by atoms with Gasteiger partial charge in [0.15, 0.2) is 5.76 Å². The van der Waals surface area contributed by atoms with Gasteiger partial charge in [0.2, 0.25) is 0 Å². The Morgan fingerprint density at radius 1 is 1.00 bits per heavy atom. The number of carbonyl (C=O) groups is 1. The minimum Gasteiger partial charge on any atom is -0.459 e. The molecule has 4 heteroatoms. The zero-order valence-corrected chi connectivity index (χ0v) is 17.8. The second-order valence-electron chi connectivity index (χ2n) is 8.35. The normalized spacial score (nSPS) is 22.0. The van der Waals surface area contributed by atoms with Crippen LogP contribution in [0.25, 0.3) is 0 Å². The van der Waals surface area contributed by atoms with Crippen LogP contribution in [-0.2, 0) is 6.42 Å². The third kappa shape index (κ3) is 4.49. The van der Waals surface area contributed by atoms with Crippen molar-refractivity contribution in [3.05, 3.63) is 90.4 Å². The number of furan rings is 1. The predicted octanol–water partition coefficient (Wildman–Crippen LogP) is 5.27. The summed E-state index contributed by atoms with van der Waals surface area (Å²) in [6, 6.07) is 24.7. The van der Waals surface area contributed by atoms with Crippen molar-refractivity contribution >= 4 is 11.6 Å². The number of likely N-dealkylation sites (tertiary alicyclic amines) is 1. The minimum atomic E-state index is -0.0621. The first-order chi connectivity index (χ1) is 14.6. The minimum absolute atomic E-state index is 0.0621. The van der Waals surface area contributed by atoms with E-state index in [2.05, 4.69) is 49.1 Å². The fourth-order valence-electron chi connectivity index (χ4n) is 4.56. The van der Waals surface area contributed by atoms with Gasteiger partial charge in [0.1, 0.15) is 0 Å². The first-order valence-electron chi connectivity index (χ1n) is 10.8. The summed E-state index contributed by atoms with van der Waals surface area (Å²) in [5.74, 6) is 0.689. The van der Waals surface area contributed by atoms with E-state index in [4.69, 9.17) is 4.42 Å². The van der Waals surface area contributed by atoms with Crippen molar-refractivity contribution in [1.82, 2.24) is 4.90 Å². The van der Waals surface area contributed by atoms with Crippen LogP contribution in [0.4, 0.5) is 5.69 Å². The Balaban J connectivity index is 1.51. The van der Waals surface area contributed by atoms with Crippen molar-refractivity contribution in [3.8, 4) is 0 Å². The molecule has 3 unspecified atom stereocenters.